The summed E-state index contributed by atoms with van der Waals surface area (Å²) in [5.41, 5.74) is -1.28. The average molecular weight is 327 g/mol. The van der Waals surface area contributed by atoms with Crippen molar-refractivity contribution in [3.05, 3.63) is 41.6 Å². The number of anilines is 1. The van der Waals surface area contributed by atoms with Crippen LogP contribution in [0.15, 0.2) is 36.0 Å². The van der Waals surface area contributed by atoms with E-state index in [2.05, 4.69) is 10.6 Å². The molecule has 0 saturated carbocycles. The lowest BCUT2D eigenvalue weighted by molar-refractivity contribution is -0.137. The molecule has 0 aliphatic heterocycles. The molecule has 1 rings (SSSR count). The van der Waals surface area contributed by atoms with Crippen molar-refractivity contribution in [3.8, 4) is 6.07 Å². The van der Waals surface area contributed by atoms with Crippen molar-refractivity contribution >= 4 is 11.6 Å². The highest BCUT2D eigenvalue weighted by Gasteiger charge is 2.30. The summed E-state index contributed by atoms with van der Waals surface area (Å²) in [5, 5.41) is 22.9. The molecule has 1 aromatic carbocycles. The standard InChI is InChI=1S/C15H16F3N3O2/c1-2-12(9-22)20-8-10(7-19)14(23)21-13-5-3-4-11(6-13)15(16,17)18/h3-6,8,12,20,22H,2,9H2,1H3,(H,21,23)/b10-8-. The lowest BCUT2D eigenvalue weighted by Gasteiger charge is -2.12. The highest BCUT2D eigenvalue weighted by Crippen LogP contribution is 2.30. The van der Waals surface area contributed by atoms with Gasteiger partial charge in [-0.3, -0.25) is 4.79 Å². The molecule has 1 amide bonds. The number of alkyl halides is 3. The fraction of sp³-hybridized carbons (Fsp3) is 0.333. The number of hydrogen-bond acceptors (Lipinski definition) is 4. The van der Waals surface area contributed by atoms with Crippen LogP contribution in [0.1, 0.15) is 18.9 Å². The Morgan fingerprint density at radius 2 is 2.17 bits per heavy atom. The largest absolute Gasteiger partial charge is 0.416 e. The molecular formula is C15H16F3N3O2. The minimum Gasteiger partial charge on any atom is -0.394 e. The molecule has 0 heterocycles. The van der Waals surface area contributed by atoms with E-state index in [0.717, 1.165) is 24.4 Å². The minimum absolute atomic E-state index is 0.0693. The molecule has 5 nitrogen and oxygen atoms in total. The SMILES string of the molecule is CCC(CO)N/C=C(/C#N)C(=O)Nc1cccc(C(F)(F)F)c1. The third kappa shape index (κ3) is 5.64. The van der Waals surface area contributed by atoms with Crippen molar-refractivity contribution < 1.29 is 23.1 Å². The fourth-order valence-corrected chi connectivity index (χ4v) is 1.62. The van der Waals surface area contributed by atoms with Gasteiger partial charge in [0.05, 0.1) is 12.2 Å². The van der Waals surface area contributed by atoms with E-state index in [9.17, 15) is 18.0 Å². The first-order chi connectivity index (χ1) is 10.8. The summed E-state index contributed by atoms with van der Waals surface area (Å²) in [4.78, 5) is 11.9. The number of carbonyl (C=O) groups excluding carboxylic acids is 1. The Balaban J connectivity index is 2.85. The van der Waals surface area contributed by atoms with Gasteiger partial charge >= 0.3 is 6.18 Å². The lowest BCUT2D eigenvalue weighted by atomic mass is 10.2. The van der Waals surface area contributed by atoms with Gasteiger partial charge in [0.15, 0.2) is 0 Å². The zero-order valence-electron chi connectivity index (χ0n) is 12.3. The molecule has 0 aliphatic carbocycles. The molecule has 8 heteroatoms. The van der Waals surface area contributed by atoms with E-state index in [1.807, 2.05) is 0 Å². The summed E-state index contributed by atoms with van der Waals surface area (Å²) in [5.74, 6) is -0.841. The van der Waals surface area contributed by atoms with E-state index in [1.165, 1.54) is 6.07 Å². The normalized spacial score (nSPS) is 13.1. The van der Waals surface area contributed by atoms with Crippen molar-refractivity contribution in [1.29, 1.82) is 5.26 Å². The second kappa shape index (κ2) is 8.19. The maximum absolute atomic E-state index is 12.6. The Morgan fingerprint density at radius 3 is 2.70 bits per heavy atom. The van der Waals surface area contributed by atoms with Crippen molar-refractivity contribution in [2.24, 2.45) is 0 Å². The number of aliphatic hydroxyl groups is 1. The second-order valence-corrected chi connectivity index (χ2v) is 4.66. The number of rotatable bonds is 6. The van der Waals surface area contributed by atoms with E-state index >= 15 is 0 Å². The van der Waals surface area contributed by atoms with Crippen molar-refractivity contribution in [2.75, 3.05) is 11.9 Å². The van der Waals surface area contributed by atoms with Crippen LogP contribution >= 0.6 is 0 Å². The van der Waals surface area contributed by atoms with E-state index in [1.54, 1.807) is 13.0 Å². The Morgan fingerprint density at radius 1 is 1.48 bits per heavy atom. The number of nitrogens with one attached hydrogen (secondary N) is 2. The van der Waals surface area contributed by atoms with Crippen LogP contribution in [-0.2, 0) is 11.0 Å². The summed E-state index contributed by atoms with van der Waals surface area (Å²) in [6.07, 6.45) is -2.82. The number of amides is 1. The highest BCUT2D eigenvalue weighted by atomic mass is 19.4. The maximum Gasteiger partial charge on any atom is 0.416 e. The van der Waals surface area contributed by atoms with Gasteiger partial charge < -0.3 is 15.7 Å². The zero-order valence-corrected chi connectivity index (χ0v) is 12.3. The van der Waals surface area contributed by atoms with Gasteiger partial charge in [-0.2, -0.15) is 18.4 Å². The molecular weight excluding hydrogens is 311 g/mol. The van der Waals surface area contributed by atoms with Gasteiger partial charge in [0.2, 0.25) is 0 Å². The summed E-state index contributed by atoms with van der Waals surface area (Å²) < 4.78 is 37.8. The average Bonchev–Trinajstić information content (AvgIpc) is 2.51. The van der Waals surface area contributed by atoms with Crippen LogP contribution in [0.2, 0.25) is 0 Å². The number of benzene rings is 1. The van der Waals surface area contributed by atoms with E-state index in [4.69, 9.17) is 10.4 Å². The molecule has 0 aromatic heterocycles. The van der Waals surface area contributed by atoms with Crippen LogP contribution in [0.4, 0.5) is 18.9 Å². The van der Waals surface area contributed by atoms with Gasteiger partial charge in [-0.25, -0.2) is 0 Å². The van der Waals surface area contributed by atoms with Gasteiger partial charge in [-0.1, -0.05) is 13.0 Å². The molecule has 1 atom stereocenters. The first kappa shape index (κ1) is 18.5. The molecule has 1 unspecified atom stereocenters. The van der Waals surface area contributed by atoms with Gasteiger partial charge in [-0.05, 0) is 24.6 Å². The molecule has 3 N–H and O–H groups in total. The molecule has 0 saturated heterocycles. The monoisotopic (exact) mass is 327 g/mol. The van der Waals surface area contributed by atoms with Crippen LogP contribution in [0.3, 0.4) is 0 Å². The Bertz CT molecular complexity index is 617. The van der Waals surface area contributed by atoms with Crippen LogP contribution in [0.25, 0.3) is 0 Å². The number of carbonyl (C=O) groups is 1. The summed E-state index contributed by atoms with van der Waals surface area (Å²) in [7, 11) is 0. The smallest absolute Gasteiger partial charge is 0.394 e. The Hall–Kier alpha value is -2.53. The molecule has 0 aliphatic rings. The van der Waals surface area contributed by atoms with Crippen LogP contribution in [-0.4, -0.2) is 23.7 Å². The fourth-order valence-electron chi connectivity index (χ4n) is 1.62. The Kier molecular flexibility index (Phi) is 6.60. The van der Waals surface area contributed by atoms with Gasteiger partial charge in [-0.15, -0.1) is 0 Å². The number of halogens is 3. The molecule has 0 bridgehead atoms. The van der Waals surface area contributed by atoms with Crippen LogP contribution < -0.4 is 10.6 Å². The maximum atomic E-state index is 12.6. The Labute approximate surface area is 131 Å². The van der Waals surface area contributed by atoms with Gasteiger partial charge in [0.1, 0.15) is 11.6 Å². The molecule has 23 heavy (non-hydrogen) atoms. The van der Waals surface area contributed by atoms with E-state index < -0.39 is 17.6 Å². The number of nitriles is 1. The first-order valence-corrected chi connectivity index (χ1v) is 6.77. The molecule has 0 radical (unpaired) electrons. The van der Waals surface area contributed by atoms with Crippen molar-refractivity contribution in [1.82, 2.24) is 5.32 Å². The summed E-state index contributed by atoms with van der Waals surface area (Å²) in [6, 6.07) is 5.44. The van der Waals surface area contributed by atoms with Gasteiger partial charge in [0.25, 0.3) is 5.91 Å². The van der Waals surface area contributed by atoms with E-state index in [0.29, 0.717) is 6.42 Å². The number of nitrogens with zero attached hydrogens (tertiary/aromatic N) is 1. The first-order valence-electron chi connectivity index (χ1n) is 6.77. The number of aliphatic hydroxyl groups excluding tert-OH is 1. The zero-order chi connectivity index (χ0) is 17.5. The molecule has 1 aromatic rings. The quantitative estimate of drug-likeness (QED) is 0.553. The third-order valence-corrected chi connectivity index (χ3v) is 2.99. The highest BCUT2D eigenvalue weighted by molar-refractivity contribution is 6.06. The van der Waals surface area contributed by atoms with Crippen molar-refractivity contribution in [2.45, 2.75) is 25.6 Å². The second-order valence-electron chi connectivity index (χ2n) is 4.66. The molecule has 0 spiro atoms. The lowest BCUT2D eigenvalue weighted by Crippen LogP contribution is -2.28. The number of hydrogen-bond donors (Lipinski definition) is 3. The third-order valence-electron chi connectivity index (χ3n) is 2.99. The van der Waals surface area contributed by atoms with Crippen LogP contribution in [0, 0.1) is 11.3 Å². The van der Waals surface area contributed by atoms with Crippen molar-refractivity contribution in [3.63, 3.8) is 0 Å². The van der Waals surface area contributed by atoms with Crippen LogP contribution in [0.5, 0.6) is 0 Å². The predicted molar refractivity (Wildman–Crippen MR) is 78.1 cm³/mol. The molecule has 0 fully saturated rings. The molecule has 124 valence electrons. The summed E-state index contributed by atoms with van der Waals surface area (Å²) in [6.45, 7) is 1.62. The van der Waals surface area contributed by atoms with E-state index in [-0.39, 0.29) is 23.9 Å². The topological polar surface area (TPSA) is 85.2 Å². The predicted octanol–water partition coefficient (Wildman–Crippen LogP) is 2.41. The summed E-state index contributed by atoms with van der Waals surface area (Å²) >= 11 is 0. The van der Waals surface area contributed by atoms with Gasteiger partial charge in [0, 0.05) is 17.9 Å². The minimum atomic E-state index is -4.52.